The highest BCUT2D eigenvalue weighted by Crippen LogP contribution is 2.28. The van der Waals surface area contributed by atoms with Crippen molar-refractivity contribution >= 4 is 12.6 Å². The number of hydrogen-bond donors (Lipinski definition) is 0. The van der Waals surface area contributed by atoms with Crippen molar-refractivity contribution < 1.29 is 0 Å². The molecule has 0 saturated heterocycles. The van der Waals surface area contributed by atoms with Crippen molar-refractivity contribution in [1.29, 1.82) is 0 Å². The summed E-state index contributed by atoms with van der Waals surface area (Å²) in [5.74, 6) is 0. The molecule has 2 rings (SSSR count). The van der Waals surface area contributed by atoms with E-state index in [-0.39, 0.29) is 0 Å². The van der Waals surface area contributed by atoms with Crippen LogP contribution in [0.4, 0.5) is 0 Å². The maximum atomic E-state index is 5.29. The van der Waals surface area contributed by atoms with Crippen molar-refractivity contribution in [2.45, 2.75) is 11.8 Å². The summed E-state index contributed by atoms with van der Waals surface area (Å²) in [5.41, 5.74) is 3.66. The van der Waals surface area contributed by atoms with Crippen LogP contribution in [0.5, 0.6) is 0 Å². The van der Waals surface area contributed by atoms with Gasteiger partial charge in [0.05, 0.1) is 0 Å². The molecular formula is C13H11S. The molecule has 0 nitrogen and oxygen atoms in total. The van der Waals surface area contributed by atoms with E-state index in [2.05, 4.69) is 25.1 Å². The lowest BCUT2D eigenvalue weighted by atomic mass is 10.0. The first kappa shape index (κ1) is 9.22. The number of benzene rings is 2. The highest BCUT2D eigenvalue weighted by atomic mass is 32.1. The molecule has 0 aliphatic rings. The molecule has 2 aromatic carbocycles. The van der Waals surface area contributed by atoms with Gasteiger partial charge >= 0.3 is 0 Å². The zero-order valence-corrected chi connectivity index (χ0v) is 8.84. The predicted molar refractivity (Wildman–Crippen MR) is 62.5 cm³/mol. The summed E-state index contributed by atoms with van der Waals surface area (Å²) in [4.78, 5) is 0.918. The van der Waals surface area contributed by atoms with Crippen molar-refractivity contribution in [3.05, 3.63) is 54.1 Å². The van der Waals surface area contributed by atoms with Crippen molar-refractivity contribution in [1.82, 2.24) is 0 Å². The average molecular weight is 199 g/mol. The molecule has 1 radical (unpaired) electrons. The van der Waals surface area contributed by atoms with Gasteiger partial charge in [-0.3, -0.25) is 0 Å². The zero-order valence-electron chi connectivity index (χ0n) is 8.03. The first-order chi connectivity index (χ1) is 6.79. The Hall–Kier alpha value is -1.34. The van der Waals surface area contributed by atoms with Crippen LogP contribution in [0.1, 0.15) is 5.56 Å². The molecule has 2 aromatic rings. The fourth-order valence-electron chi connectivity index (χ4n) is 1.56. The van der Waals surface area contributed by atoms with E-state index in [0.717, 1.165) is 10.5 Å². The molecular weight excluding hydrogens is 188 g/mol. The predicted octanol–water partition coefficient (Wildman–Crippen LogP) is 4.22. The molecule has 0 bridgehead atoms. The van der Waals surface area contributed by atoms with Gasteiger partial charge in [-0.05, 0) is 29.7 Å². The minimum atomic E-state index is 0.918. The molecule has 14 heavy (non-hydrogen) atoms. The van der Waals surface area contributed by atoms with Gasteiger partial charge in [0.25, 0.3) is 0 Å². The standard InChI is InChI=1S/C13H11S/c1-10-6-2-3-7-11(10)12-8-4-5-9-13(12)14/h2-9H,1H3. The Balaban J connectivity index is 2.61. The molecule has 0 spiro atoms. The van der Waals surface area contributed by atoms with Crippen LogP contribution >= 0.6 is 12.6 Å². The van der Waals surface area contributed by atoms with Crippen molar-refractivity contribution in [3.8, 4) is 11.1 Å². The third-order valence-electron chi connectivity index (χ3n) is 2.32. The summed E-state index contributed by atoms with van der Waals surface area (Å²) in [6, 6.07) is 16.4. The van der Waals surface area contributed by atoms with E-state index >= 15 is 0 Å². The summed E-state index contributed by atoms with van der Waals surface area (Å²) in [5, 5.41) is 0. The van der Waals surface area contributed by atoms with E-state index in [0.29, 0.717) is 0 Å². The Labute approximate surface area is 90.0 Å². The van der Waals surface area contributed by atoms with Crippen LogP contribution in [0.3, 0.4) is 0 Å². The van der Waals surface area contributed by atoms with E-state index in [4.69, 9.17) is 12.6 Å². The Bertz CT molecular complexity index is 403. The zero-order chi connectivity index (χ0) is 9.97. The first-order valence-electron chi connectivity index (χ1n) is 4.61. The van der Waals surface area contributed by atoms with Crippen LogP contribution in [0.15, 0.2) is 53.4 Å². The van der Waals surface area contributed by atoms with Gasteiger partial charge in [-0.2, -0.15) is 0 Å². The average Bonchev–Trinajstić information content (AvgIpc) is 2.20. The Kier molecular flexibility index (Phi) is 2.51. The molecule has 0 unspecified atom stereocenters. The molecule has 69 valence electrons. The van der Waals surface area contributed by atoms with E-state index in [1.165, 1.54) is 11.1 Å². The van der Waals surface area contributed by atoms with Gasteiger partial charge < -0.3 is 0 Å². The lowest BCUT2D eigenvalue weighted by Gasteiger charge is -2.06. The molecule has 0 aliphatic heterocycles. The summed E-state index contributed by atoms with van der Waals surface area (Å²) >= 11 is 5.29. The molecule has 0 N–H and O–H groups in total. The van der Waals surface area contributed by atoms with Crippen LogP contribution in [-0.2, 0) is 0 Å². The lowest BCUT2D eigenvalue weighted by molar-refractivity contribution is 1.40. The second kappa shape index (κ2) is 3.81. The van der Waals surface area contributed by atoms with Gasteiger partial charge in [-0.25, -0.2) is 0 Å². The van der Waals surface area contributed by atoms with Crippen molar-refractivity contribution in [3.63, 3.8) is 0 Å². The summed E-state index contributed by atoms with van der Waals surface area (Å²) in [6.45, 7) is 2.11. The normalized spacial score (nSPS) is 10.1. The molecule has 0 amide bonds. The SMILES string of the molecule is Cc1ccccc1-c1ccccc1[S]. The maximum Gasteiger partial charge on any atom is 0.0455 e. The Morgan fingerprint density at radius 2 is 1.36 bits per heavy atom. The topological polar surface area (TPSA) is 0 Å². The summed E-state index contributed by atoms with van der Waals surface area (Å²) in [6.07, 6.45) is 0. The Morgan fingerprint density at radius 1 is 0.786 bits per heavy atom. The van der Waals surface area contributed by atoms with E-state index in [9.17, 15) is 0 Å². The largest absolute Gasteiger partial charge is 0.0794 e. The fourth-order valence-corrected chi connectivity index (χ4v) is 1.82. The minimum Gasteiger partial charge on any atom is -0.0794 e. The van der Waals surface area contributed by atoms with Gasteiger partial charge in [-0.1, -0.05) is 55.1 Å². The number of rotatable bonds is 1. The minimum absolute atomic E-state index is 0.918. The molecule has 0 atom stereocenters. The van der Waals surface area contributed by atoms with Gasteiger partial charge in [0, 0.05) is 4.90 Å². The molecule has 1 heteroatoms. The van der Waals surface area contributed by atoms with E-state index in [1.807, 2.05) is 30.3 Å². The molecule has 0 aliphatic carbocycles. The van der Waals surface area contributed by atoms with Crippen LogP contribution in [-0.4, -0.2) is 0 Å². The number of hydrogen-bond acceptors (Lipinski definition) is 0. The highest BCUT2D eigenvalue weighted by Gasteiger charge is 2.03. The molecule has 0 aromatic heterocycles. The van der Waals surface area contributed by atoms with Crippen molar-refractivity contribution in [2.24, 2.45) is 0 Å². The fraction of sp³-hybridized carbons (Fsp3) is 0.0769. The van der Waals surface area contributed by atoms with Gasteiger partial charge in [-0.15, -0.1) is 0 Å². The van der Waals surface area contributed by atoms with E-state index < -0.39 is 0 Å². The quantitative estimate of drug-likeness (QED) is 0.645. The second-order valence-electron chi connectivity index (χ2n) is 3.31. The van der Waals surface area contributed by atoms with Crippen LogP contribution < -0.4 is 0 Å². The van der Waals surface area contributed by atoms with Gasteiger partial charge in [0.15, 0.2) is 0 Å². The maximum absolute atomic E-state index is 5.29. The lowest BCUT2D eigenvalue weighted by Crippen LogP contribution is -1.83. The molecule has 0 heterocycles. The third-order valence-corrected chi connectivity index (χ3v) is 2.68. The third kappa shape index (κ3) is 1.64. The van der Waals surface area contributed by atoms with Crippen molar-refractivity contribution in [2.75, 3.05) is 0 Å². The highest BCUT2D eigenvalue weighted by molar-refractivity contribution is 7.80. The van der Waals surface area contributed by atoms with Crippen LogP contribution in [0, 0.1) is 6.92 Å². The van der Waals surface area contributed by atoms with Crippen LogP contribution in [0.25, 0.3) is 11.1 Å². The summed E-state index contributed by atoms with van der Waals surface area (Å²) < 4.78 is 0. The van der Waals surface area contributed by atoms with E-state index in [1.54, 1.807) is 0 Å². The molecule has 0 fully saturated rings. The molecule has 0 saturated carbocycles. The smallest absolute Gasteiger partial charge is 0.0455 e. The summed E-state index contributed by atoms with van der Waals surface area (Å²) in [7, 11) is 0. The number of aryl methyl sites for hydroxylation is 1. The Morgan fingerprint density at radius 3 is 2.00 bits per heavy atom. The van der Waals surface area contributed by atoms with Crippen LogP contribution in [0.2, 0.25) is 0 Å². The van der Waals surface area contributed by atoms with Gasteiger partial charge in [0.2, 0.25) is 0 Å². The first-order valence-corrected chi connectivity index (χ1v) is 5.02. The van der Waals surface area contributed by atoms with Gasteiger partial charge in [0.1, 0.15) is 0 Å². The monoisotopic (exact) mass is 199 g/mol. The second-order valence-corrected chi connectivity index (χ2v) is 3.75.